The number of hydrogen-bond donors (Lipinski definition) is 1. The third-order valence-corrected chi connectivity index (χ3v) is 2.96. The van der Waals surface area contributed by atoms with E-state index in [0.717, 1.165) is 27.8 Å². The average molecular weight is 236 g/mol. The molecular weight excluding hydrogens is 228 g/mol. The molecule has 86 valence electrons. The van der Waals surface area contributed by atoms with Gasteiger partial charge in [0.05, 0.1) is 42.3 Å². The number of imidazole rings is 1. The third kappa shape index (κ3) is 1.17. The van der Waals surface area contributed by atoms with Crippen LogP contribution in [0, 0.1) is 0 Å². The van der Waals surface area contributed by atoms with Crippen LogP contribution in [-0.4, -0.2) is 29.5 Å². The van der Waals surface area contributed by atoms with E-state index in [9.17, 15) is 0 Å². The standard InChI is InChI=1S/C12H8N6/c1-2-15-12-10(5-16-17-12)9(1)11-6-13-3-8-4-14-7-18(8)11/h1-7H,(H,15,16,17). The van der Waals surface area contributed by atoms with E-state index in [0.29, 0.717) is 0 Å². The van der Waals surface area contributed by atoms with Gasteiger partial charge >= 0.3 is 0 Å². The zero-order valence-electron chi connectivity index (χ0n) is 9.28. The van der Waals surface area contributed by atoms with E-state index < -0.39 is 0 Å². The molecule has 0 fully saturated rings. The van der Waals surface area contributed by atoms with E-state index >= 15 is 0 Å². The van der Waals surface area contributed by atoms with Crippen LogP contribution in [0.2, 0.25) is 0 Å². The van der Waals surface area contributed by atoms with Crippen LogP contribution >= 0.6 is 0 Å². The molecular formula is C12H8N6. The number of nitrogens with one attached hydrogen (secondary N) is 1. The molecule has 0 aliphatic heterocycles. The normalized spacial score (nSPS) is 11.3. The highest BCUT2D eigenvalue weighted by molar-refractivity contribution is 5.91. The largest absolute Gasteiger partial charge is 0.296 e. The minimum atomic E-state index is 0.768. The summed E-state index contributed by atoms with van der Waals surface area (Å²) in [6.45, 7) is 0. The maximum atomic E-state index is 4.24. The van der Waals surface area contributed by atoms with Crippen molar-refractivity contribution >= 4 is 16.6 Å². The molecule has 0 aliphatic rings. The fourth-order valence-corrected chi connectivity index (χ4v) is 2.12. The number of fused-ring (bicyclic) bond motifs is 2. The van der Waals surface area contributed by atoms with Crippen molar-refractivity contribution in [2.75, 3.05) is 0 Å². The first kappa shape index (κ1) is 9.29. The van der Waals surface area contributed by atoms with Crippen LogP contribution in [0.25, 0.3) is 27.8 Å². The van der Waals surface area contributed by atoms with Crippen molar-refractivity contribution in [2.45, 2.75) is 0 Å². The molecule has 0 amide bonds. The smallest absolute Gasteiger partial charge is 0.155 e. The molecule has 6 heteroatoms. The molecule has 1 N–H and O–H groups in total. The molecule has 0 saturated heterocycles. The summed E-state index contributed by atoms with van der Waals surface area (Å²) in [6.07, 6.45) is 10.7. The molecule has 4 aromatic heterocycles. The van der Waals surface area contributed by atoms with Crippen LogP contribution in [0.5, 0.6) is 0 Å². The summed E-state index contributed by atoms with van der Waals surface area (Å²) in [7, 11) is 0. The summed E-state index contributed by atoms with van der Waals surface area (Å²) in [5.74, 6) is 0. The van der Waals surface area contributed by atoms with Gasteiger partial charge in [-0.25, -0.2) is 9.97 Å². The Hall–Kier alpha value is -2.76. The van der Waals surface area contributed by atoms with Crippen LogP contribution in [0.3, 0.4) is 0 Å². The molecule has 4 heterocycles. The van der Waals surface area contributed by atoms with Gasteiger partial charge in [0, 0.05) is 17.1 Å². The Morgan fingerprint density at radius 1 is 1.06 bits per heavy atom. The Kier molecular flexibility index (Phi) is 1.74. The molecule has 0 unspecified atom stereocenters. The zero-order chi connectivity index (χ0) is 11.9. The zero-order valence-corrected chi connectivity index (χ0v) is 9.28. The monoisotopic (exact) mass is 236 g/mol. The molecule has 0 atom stereocenters. The number of rotatable bonds is 1. The van der Waals surface area contributed by atoms with E-state index in [1.54, 1.807) is 31.1 Å². The molecule has 0 aromatic carbocycles. The molecule has 6 nitrogen and oxygen atoms in total. The van der Waals surface area contributed by atoms with Crippen LogP contribution in [0.1, 0.15) is 0 Å². The van der Waals surface area contributed by atoms with E-state index in [-0.39, 0.29) is 0 Å². The molecule has 4 aromatic rings. The number of aromatic nitrogens is 6. The Bertz CT molecular complexity index is 772. The van der Waals surface area contributed by atoms with Gasteiger partial charge in [-0.2, -0.15) is 5.10 Å². The second kappa shape index (κ2) is 3.36. The van der Waals surface area contributed by atoms with Gasteiger partial charge in [-0.1, -0.05) is 0 Å². The van der Waals surface area contributed by atoms with Gasteiger partial charge in [0.15, 0.2) is 5.65 Å². The van der Waals surface area contributed by atoms with Gasteiger partial charge < -0.3 is 0 Å². The van der Waals surface area contributed by atoms with Gasteiger partial charge in [-0.05, 0) is 6.07 Å². The predicted molar refractivity (Wildman–Crippen MR) is 65.9 cm³/mol. The fourth-order valence-electron chi connectivity index (χ4n) is 2.12. The Morgan fingerprint density at radius 3 is 3.00 bits per heavy atom. The number of H-pyrrole nitrogens is 1. The highest BCUT2D eigenvalue weighted by Gasteiger charge is 2.09. The molecule has 4 rings (SSSR count). The van der Waals surface area contributed by atoms with Gasteiger partial charge in [0.25, 0.3) is 0 Å². The third-order valence-electron chi connectivity index (χ3n) is 2.96. The van der Waals surface area contributed by atoms with E-state index in [4.69, 9.17) is 0 Å². The van der Waals surface area contributed by atoms with Crippen molar-refractivity contribution in [1.29, 1.82) is 0 Å². The molecule has 0 spiro atoms. The highest BCUT2D eigenvalue weighted by atomic mass is 15.1. The maximum absolute atomic E-state index is 4.24. The van der Waals surface area contributed by atoms with E-state index in [1.807, 2.05) is 16.7 Å². The highest BCUT2D eigenvalue weighted by Crippen LogP contribution is 2.25. The lowest BCUT2D eigenvalue weighted by Crippen LogP contribution is -1.92. The van der Waals surface area contributed by atoms with E-state index in [1.165, 1.54) is 0 Å². The molecule has 18 heavy (non-hydrogen) atoms. The van der Waals surface area contributed by atoms with Gasteiger partial charge in [-0.3, -0.25) is 14.5 Å². The summed E-state index contributed by atoms with van der Waals surface area (Å²) < 4.78 is 1.99. The van der Waals surface area contributed by atoms with Gasteiger partial charge in [0.1, 0.15) is 0 Å². The van der Waals surface area contributed by atoms with Gasteiger partial charge in [-0.15, -0.1) is 0 Å². The lowest BCUT2D eigenvalue weighted by atomic mass is 10.1. The molecule has 0 aliphatic carbocycles. The van der Waals surface area contributed by atoms with Crippen molar-refractivity contribution in [3.05, 3.63) is 43.4 Å². The Morgan fingerprint density at radius 2 is 2.00 bits per heavy atom. The van der Waals surface area contributed by atoms with Crippen molar-refractivity contribution in [3.8, 4) is 11.3 Å². The molecule has 0 radical (unpaired) electrons. The van der Waals surface area contributed by atoms with Crippen molar-refractivity contribution in [1.82, 2.24) is 29.5 Å². The minimum Gasteiger partial charge on any atom is -0.296 e. The van der Waals surface area contributed by atoms with E-state index in [2.05, 4.69) is 25.1 Å². The lowest BCUT2D eigenvalue weighted by Gasteiger charge is -2.05. The molecule has 0 saturated carbocycles. The predicted octanol–water partition coefficient (Wildman–Crippen LogP) is 1.67. The SMILES string of the molecule is c1cc(-c2cncc3cncn23)c2cn[nH]c2n1. The quantitative estimate of drug-likeness (QED) is 0.545. The van der Waals surface area contributed by atoms with Crippen LogP contribution < -0.4 is 0 Å². The lowest BCUT2D eigenvalue weighted by molar-refractivity contribution is 1.10. The van der Waals surface area contributed by atoms with Crippen LogP contribution in [-0.2, 0) is 0 Å². The Labute approximate surface area is 101 Å². The topological polar surface area (TPSA) is 71.8 Å². The summed E-state index contributed by atoms with van der Waals surface area (Å²) in [4.78, 5) is 12.6. The molecule has 0 bridgehead atoms. The summed E-state index contributed by atoms with van der Waals surface area (Å²) in [5.41, 5.74) is 3.73. The number of pyridine rings is 1. The first-order valence-electron chi connectivity index (χ1n) is 5.48. The number of aromatic amines is 1. The summed E-state index contributed by atoms with van der Waals surface area (Å²) in [5, 5.41) is 7.86. The Balaban J connectivity index is 2.13. The fraction of sp³-hybridized carbons (Fsp3) is 0. The van der Waals surface area contributed by atoms with Crippen LogP contribution in [0.15, 0.2) is 43.4 Å². The van der Waals surface area contributed by atoms with Crippen molar-refractivity contribution in [3.63, 3.8) is 0 Å². The van der Waals surface area contributed by atoms with Crippen LogP contribution in [0.4, 0.5) is 0 Å². The first-order valence-corrected chi connectivity index (χ1v) is 5.48. The number of nitrogens with zero attached hydrogens (tertiary/aromatic N) is 5. The summed E-state index contributed by atoms with van der Waals surface area (Å²) in [6, 6.07) is 1.95. The van der Waals surface area contributed by atoms with Crippen molar-refractivity contribution in [2.24, 2.45) is 0 Å². The second-order valence-corrected chi connectivity index (χ2v) is 3.97. The minimum absolute atomic E-state index is 0.768. The average Bonchev–Trinajstić information content (AvgIpc) is 3.06. The second-order valence-electron chi connectivity index (χ2n) is 3.97. The maximum Gasteiger partial charge on any atom is 0.155 e. The van der Waals surface area contributed by atoms with Gasteiger partial charge in [0.2, 0.25) is 0 Å². The summed E-state index contributed by atoms with van der Waals surface area (Å²) >= 11 is 0. The van der Waals surface area contributed by atoms with Crippen molar-refractivity contribution < 1.29 is 0 Å². The first-order chi connectivity index (χ1) is 8.93. The number of hydrogen-bond acceptors (Lipinski definition) is 4.